The number of carboxylic acids is 1. The van der Waals surface area contributed by atoms with Crippen molar-refractivity contribution in [3.05, 3.63) is 45.9 Å². The van der Waals surface area contributed by atoms with Gasteiger partial charge in [0, 0.05) is 16.6 Å². The van der Waals surface area contributed by atoms with E-state index in [1.807, 2.05) is 0 Å². The third-order valence-electron chi connectivity index (χ3n) is 3.08. The van der Waals surface area contributed by atoms with Gasteiger partial charge in [-0.2, -0.15) is 0 Å². The summed E-state index contributed by atoms with van der Waals surface area (Å²) in [4.78, 5) is 10.8. The Hall–Kier alpha value is -1.77. The summed E-state index contributed by atoms with van der Waals surface area (Å²) in [6, 6.07) is 8.44. The molecule has 1 atom stereocenters. The van der Waals surface area contributed by atoms with Gasteiger partial charge < -0.3 is 14.6 Å². The summed E-state index contributed by atoms with van der Waals surface area (Å²) in [5.74, 6) is -1.23. The molecule has 0 saturated carbocycles. The first-order valence-electron chi connectivity index (χ1n) is 6.19. The molecule has 0 fully saturated rings. The Morgan fingerprint density at radius 1 is 1.13 bits per heavy atom. The quantitative estimate of drug-likeness (QED) is 0.822. The minimum atomic E-state index is -3.88. The minimum absolute atomic E-state index is 0.0116. The molecular weight excluding hydrogens is 412 g/mol. The van der Waals surface area contributed by atoms with Gasteiger partial charge in [-0.05, 0) is 24.3 Å². The predicted octanol–water partition coefficient (Wildman–Crippen LogP) is 3.12. The average molecular weight is 420 g/mol. The third-order valence-corrected chi connectivity index (χ3v) is 5.84. The molecular formula is C14H8BrClO6S. The number of carbonyl (C=O) groups is 1. The lowest BCUT2D eigenvalue weighted by atomic mass is 10.3. The standard InChI is InChI=1S/C14H8BrClO6S/c15-7-1-3-8(4-2-7)23(19,20)12-6-11-10(5-9(12)16)21-14(22-11)13(17)18/h1-6,14H,(H,17,18). The second kappa shape index (κ2) is 5.70. The van der Waals surface area contributed by atoms with E-state index in [9.17, 15) is 13.2 Å². The van der Waals surface area contributed by atoms with Crippen molar-refractivity contribution in [2.45, 2.75) is 16.1 Å². The van der Waals surface area contributed by atoms with Crippen molar-refractivity contribution in [1.29, 1.82) is 0 Å². The lowest BCUT2D eigenvalue weighted by Gasteiger charge is -2.08. The van der Waals surface area contributed by atoms with Crippen LogP contribution in [0.1, 0.15) is 0 Å². The molecule has 0 bridgehead atoms. The molecule has 1 heterocycles. The van der Waals surface area contributed by atoms with Crippen LogP contribution >= 0.6 is 27.5 Å². The number of hydrogen-bond donors (Lipinski definition) is 1. The van der Waals surface area contributed by atoms with Crippen LogP contribution in [0.2, 0.25) is 5.02 Å². The Kier molecular flexibility index (Phi) is 3.99. The highest BCUT2D eigenvalue weighted by atomic mass is 79.9. The van der Waals surface area contributed by atoms with Crippen molar-refractivity contribution in [2.75, 3.05) is 0 Å². The molecule has 9 heteroatoms. The maximum absolute atomic E-state index is 12.7. The molecule has 1 aliphatic rings. The maximum atomic E-state index is 12.7. The molecule has 120 valence electrons. The average Bonchev–Trinajstić information content (AvgIpc) is 2.90. The molecule has 0 radical (unpaired) electrons. The summed E-state index contributed by atoms with van der Waals surface area (Å²) in [5, 5.41) is 8.80. The van der Waals surface area contributed by atoms with Crippen LogP contribution in [0.15, 0.2) is 50.7 Å². The van der Waals surface area contributed by atoms with Crippen LogP contribution in [0.5, 0.6) is 11.5 Å². The van der Waals surface area contributed by atoms with Gasteiger partial charge in [-0.25, -0.2) is 13.2 Å². The number of benzene rings is 2. The van der Waals surface area contributed by atoms with Crippen molar-refractivity contribution in [1.82, 2.24) is 0 Å². The predicted molar refractivity (Wildman–Crippen MR) is 83.7 cm³/mol. The highest BCUT2D eigenvalue weighted by Crippen LogP contribution is 2.41. The summed E-state index contributed by atoms with van der Waals surface area (Å²) in [7, 11) is -3.88. The largest absolute Gasteiger partial charge is 0.476 e. The second-order valence-corrected chi connectivity index (χ2v) is 7.83. The van der Waals surface area contributed by atoms with E-state index in [0.717, 1.165) is 10.5 Å². The molecule has 3 rings (SSSR count). The number of carboxylic acid groups (broad SMARTS) is 1. The lowest BCUT2D eigenvalue weighted by Crippen LogP contribution is -2.28. The monoisotopic (exact) mass is 418 g/mol. The molecule has 0 aromatic heterocycles. The van der Waals surface area contributed by atoms with Gasteiger partial charge in [0.25, 0.3) is 0 Å². The van der Waals surface area contributed by atoms with Crippen LogP contribution in [-0.2, 0) is 14.6 Å². The SMILES string of the molecule is O=C(O)C1Oc2cc(Cl)c(S(=O)(=O)c3ccc(Br)cc3)cc2O1. The lowest BCUT2D eigenvalue weighted by molar-refractivity contribution is -0.154. The van der Waals surface area contributed by atoms with Gasteiger partial charge in [0.2, 0.25) is 9.84 Å². The van der Waals surface area contributed by atoms with Crippen molar-refractivity contribution < 1.29 is 27.8 Å². The smallest absolute Gasteiger partial charge is 0.387 e. The molecule has 1 unspecified atom stereocenters. The van der Waals surface area contributed by atoms with Crippen molar-refractivity contribution in [3.63, 3.8) is 0 Å². The fourth-order valence-corrected chi connectivity index (χ4v) is 4.05. The molecule has 1 N–H and O–H groups in total. The van der Waals surface area contributed by atoms with Crippen molar-refractivity contribution >= 4 is 43.3 Å². The summed E-state index contributed by atoms with van der Waals surface area (Å²) in [5.41, 5.74) is 0. The van der Waals surface area contributed by atoms with Gasteiger partial charge >= 0.3 is 12.3 Å². The topological polar surface area (TPSA) is 89.9 Å². The Morgan fingerprint density at radius 2 is 1.70 bits per heavy atom. The maximum Gasteiger partial charge on any atom is 0.387 e. The first-order valence-corrected chi connectivity index (χ1v) is 8.85. The molecule has 0 spiro atoms. The van der Waals surface area contributed by atoms with Gasteiger partial charge in [-0.1, -0.05) is 27.5 Å². The van der Waals surface area contributed by atoms with Crippen LogP contribution in [0, 0.1) is 0 Å². The van der Waals surface area contributed by atoms with E-state index < -0.39 is 22.1 Å². The van der Waals surface area contributed by atoms with Crippen molar-refractivity contribution in [2.24, 2.45) is 0 Å². The molecule has 23 heavy (non-hydrogen) atoms. The molecule has 0 aliphatic carbocycles. The van der Waals surface area contributed by atoms with Gasteiger partial charge in [0.05, 0.1) is 14.8 Å². The van der Waals surface area contributed by atoms with Crippen LogP contribution in [0.25, 0.3) is 0 Å². The molecule has 0 saturated heterocycles. The molecule has 2 aromatic carbocycles. The van der Waals surface area contributed by atoms with E-state index in [1.165, 1.54) is 18.2 Å². The molecule has 0 amide bonds. The molecule has 2 aromatic rings. The fraction of sp³-hybridized carbons (Fsp3) is 0.0714. The Bertz CT molecular complexity index is 894. The van der Waals surface area contributed by atoms with E-state index in [-0.39, 0.29) is 26.3 Å². The summed E-state index contributed by atoms with van der Waals surface area (Å²) >= 11 is 9.26. The zero-order valence-corrected chi connectivity index (χ0v) is 14.4. The van der Waals surface area contributed by atoms with Crippen LogP contribution in [0.4, 0.5) is 0 Å². The Morgan fingerprint density at radius 3 is 2.26 bits per heavy atom. The number of fused-ring (bicyclic) bond motifs is 1. The summed E-state index contributed by atoms with van der Waals surface area (Å²) in [6.45, 7) is 0. The van der Waals surface area contributed by atoms with Crippen LogP contribution < -0.4 is 9.47 Å². The van der Waals surface area contributed by atoms with Crippen molar-refractivity contribution in [3.8, 4) is 11.5 Å². The minimum Gasteiger partial charge on any atom is -0.476 e. The zero-order valence-electron chi connectivity index (χ0n) is 11.2. The highest BCUT2D eigenvalue weighted by molar-refractivity contribution is 9.10. The number of hydrogen-bond acceptors (Lipinski definition) is 5. The van der Waals surface area contributed by atoms with Crippen LogP contribution in [-0.4, -0.2) is 25.8 Å². The first kappa shape index (κ1) is 16.1. The third kappa shape index (κ3) is 2.89. The van der Waals surface area contributed by atoms with Gasteiger partial charge in [0.1, 0.15) is 0 Å². The van der Waals surface area contributed by atoms with E-state index in [0.29, 0.717) is 0 Å². The number of ether oxygens (including phenoxy) is 2. The van der Waals surface area contributed by atoms with Gasteiger partial charge in [-0.15, -0.1) is 0 Å². The summed E-state index contributed by atoms with van der Waals surface area (Å²) in [6.07, 6.45) is -1.52. The second-order valence-electron chi connectivity index (χ2n) is 4.59. The normalized spacial score (nSPS) is 16.3. The zero-order chi connectivity index (χ0) is 16.8. The highest BCUT2D eigenvalue weighted by Gasteiger charge is 2.33. The Labute approximate surface area is 144 Å². The number of aliphatic carboxylic acids is 1. The van der Waals surface area contributed by atoms with Crippen LogP contribution in [0.3, 0.4) is 0 Å². The fourth-order valence-electron chi connectivity index (χ4n) is 2.00. The number of sulfone groups is 1. The van der Waals surface area contributed by atoms with E-state index >= 15 is 0 Å². The van der Waals surface area contributed by atoms with E-state index in [1.54, 1.807) is 12.1 Å². The van der Waals surface area contributed by atoms with E-state index in [4.69, 9.17) is 26.2 Å². The number of halogens is 2. The van der Waals surface area contributed by atoms with Gasteiger partial charge in [-0.3, -0.25) is 0 Å². The number of rotatable bonds is 3. The molecule has 1 aliphatic heterocycles. The van der Waals surface area contributed by atoms with E-state index in [2.05, 4.69) is 15.9 Å². The first-order chi connectivity index (χ1) is 10.8. The van der Waals surface area contributed by atoms with Gasteiger partial charge in [0.15, 0.2) is 11.5 Å². The Balaban J connectivity index is 2.06. The molecule has 6 nitrogen and oxygen atoms in total. The summed E-state index contributed by atoms with van der Waals surface area (Å²) < 4.78 is 36.2.